The molecular weight excluding hydrogens is 351 g/mol. The van der Waals surface area contributed by atoms with Crippen molar-refractivity contribution in [1.29, 1.82) is 0 Å². The van der Waals surface area contributed by atoms with Gasteiger partial charge in [0.25, 0.3) is 0 Å². The lowest BCUT2D eigenvalue weighted by molar-refractivity contribution is -0.126. The molecule has 148 valence electrons. The first-order valence-electron chi connectivity index (χ1n) is 9.50. The van der Waals surface area contributed by atoms with E-state index >= 15 is 0 Å². The SMILES string of the molecule is CCOc1cc(F)ccc1NC(=O)N1CCN(C(C)C(=O)NC2CC2)CC1. The molecule has 1 aromatic carbocycles. The number of nitrogens with one attached hydrogen (secondary N) is 2. The van der Waals surface area contributed by atoms with Gasteiger partial charge in [0, 0.05) is 38.3 Å². The number of benzene rings is 1. The standard InChI is InChI=1S/C19H27FN4O3/c1-3-27-17-12-14(20)4-7-16(17)22-19(26)24-10-8-23(9-11-24)13(2)18(25)21-15-5-6-15/h4,7,12-13,15H,3,5-6,8-11H2,1-2H3,(H,21,25)(H,22,26). The van der Waals surface area contributed by atoms with Crippen molar-refractivity contribution in [3.63, 3.8) is 0 Å². The molecule has 1 aliphatic carbocycles. The molecule has 3 amide bonds. The Morgan fingerprint density at radius 2 is 1.96 bits per heavy atom. The van der Waals surface area contributed by atoms with Crippen molar-refractivity contribution in [2.24, 2.45) is 0 Å². The van der Waals surface area contributed by atoms with Crippen LogP contribution in [-0.2, 0) is 4.79 Å². The van der Waals surface area contributed by atoms with E-state index in [0.29, 0.717) is 50.3 Å². The molecule has 8 heteroatoms. The molecule has 2 aliphatic rings. The lowest BCUT2D eigenvalue weighted by atomic mass is 10.2. The minimum Gasteiger partial charge on any atom is -0.492 e. The van der Waals surface area contributed by atoms with E-state index in [4.69, 9.17) is 4.74 Å². The topological polar surface area (TPSA) is 73.9 Å². The summed E-state index contributed by atoms with van der Waals surface area (Å²) in [7, 11) is 0. The Balaban J connectivity index is 1.52. The van der Waals surface area contributed by atoms with Crippen molar-refractivity contribution < 1.29 is 18.7 Å². The minimum absolute atomic E-state index is 0.0584. The highest BCUT2D eigenvalue weighted by molar-refractivity contribution is 5.91. The van der Waals surface area contributed by atoms with Gasteiger partial charge in [0.05, 0.1) is 18.3 Å². The number of amides is 3. The highest BCUT2D eigenvalue weighted by Gasteiger charge is 2.31. The van der Waals surface area contributed by atoms with Gasteiger partial charge in [-0.05, 0) is 38.8 Å². The summed E-state index contributed by atoms with van der Waals surface area (Å²) >= 11 is 0. The summed E-state index contributed by atoms with van der Waals surface area (Å²) in [6.07, 6.45) is 2.14. The molecule has 1 aliphatic heterocycles. The summed E-state index contributed by atoms with van der Waals surface area (Å²) in [5, 5.41) is 5.81. The van der Waals surface area contributed by atoms with Gasteiger partial charge in [0.2, 0.25) is 5.91 Å². The minimum atomic E-state index is -0.413. The quantitative estimate of drug-likeness (QED) is 0.795. The number of piperazine rings is 1. The molecule has 0 bridgehead atoms. The molecule has 2 N–H and O–H groups in total. The fraction of sp³-hybridized carbons (Fsp3) is 0.579. The maximum absolute atomic E-state index is 13.4. The van der Waals surface area contributed by atoms with E-state index in [1.165, 1.54) is 18.2 Å². The van der Waals surface area contributed by atoms with Crippen molar-refractivity contribution in [2.75, 3.05) is 38.1 Å². The van der Waals surface area contributed by atoms with Crippen LogP contribution in [-0.4, -0.2) is 66.6 Å². The van der Waals surface area contributed by atoms with E-state index in [1.807, 2.05) is 6.92 Å². The third kappa shape index (κ3) is 5.09. The normalized spacial score (nSPS) is 18.7. The van der Waals surface area contributed by atoms with Gasteiger partial charge in [-0.3, -0.25) is 9.69 Å². The lowest BCUT2D eigenvalue weighted by Crippen LogP contribution is -2.55. The molecule has 0 aromatic heterocycles. The summed E-state index contributed by atoms with van der Waals surface area (Å²) in [4.78, 5) is 28.5. The van der Waals surface area contributed by atoms with Crippen LogP contribution in [0.1, 0.15) is 26.7 Å². The summed E-state index contributed by atoms with van der Waals surface area (Å²) in [6, 6.07) is 3.95. The Labute approximate surface area is 158 Å². The van der Waals surface area contributed by atoms with E-state index in [9.17, 15) is 14.0 Å². The van der Waals surface area contributed by atoms with Crippen LogP contribution >= 0.6 is 0 Å². The van der Waals surface area contributed by atoms with E-state index in [1.54, 1.807) is 11.8 Å². The van der Waals surface area contributed by atoms with Crippen LogP contribution in [0.3, 0.4) is 0 Å². The van der Waals surface area contributed by atoms with Crippen LogP contribution in [0.5, 0.6) is 5.75 Å². The Kier molecular flexibility index (Phi) is 6.15. The molecule has 1 atom stereocenters. The summed E-state index contributed by atoms with van der Waals surface area (Å²) in [6.45, 7) is 6.40. The van der Waals surface area contributed by atoms with Crippen molar-refractivity contribution in [3.8, 4) is 5.75 Å². The summed E-state index contributed by atoms with van der Waals surface area (Å²) < 4.78 is 18.8. The van der Waals surface area contributed by atoms with Crippen LogP contribution in [0.25, 0.3) is 0 Å². The fourth-order valence-corrected chi connectivity index (χ4v) is 3.10. The number of carbonyl (C=O) groups is 2. The van der Waals surface area contributed by atoms with Crippen LogP contribution in [0, 0.1) is 5.82 Å². The lowest BCUT2D eigenvalue weighted by Gasteiger charge is -2.37. The number of carbonyl (C=O) groups excluding carboxylic acids is 2. The highest BCUT2D eigenvalue weighted by atomic mass is 19.1. The zero-order valence-corrected chi connectivity index (χ0v) is 15.8. The van der Waals surface area contributed by atoms with Crippen molar-refractivity contribution in [1.82, 2.24) is 15.1 Å². The van der Waals surface area contributed by atoms with E-state index < -0.39 is 5.82 Å². The Bertz CT molecular complexity index is 688. The molecule has 0 radical (unpaired) electrons. The van der Waals surface area contributed by atoms with Gasteiger partial charge >= 0.3 is 6.03 Å². The second-order valence-electron chi connectivity index (χ2n) is 6.99. The second-order valence-corrected chi connectivity index (χ2v) is 6.99. The molecule has 1 aromatic rings. The average Bonchev–Trinajstić information content (AvgIpc) is 3.47. The third-order valence-electron chi connectivity index (χ3n) is 4.94. The maximum atomic E-state index is 13.4. The molecule has 1 unspecified atom stereocenters. The number of ether oxygens (including phenoxy) is 1. The fourth-order valence-electron chi connectivity index (χ4n) is 3.10. The Morgan fingerprint density at radius 1 is 1.26 bits per heavy atom. The van der Waals surface area contributed by atoms with Crippen molar-refractivity contribution in [3.05, 3.63) is 24.0 Å². The number of hydrogen-bond donors (Lipinski definition) is 2. The van der Waals surface area contributed by atoms with E-state index in [-0.39, 0.29) is 18.0 Å². The van der Waals surface area contributed by atoms with Gasteiger partial charge in [-0.2, -0.15) is 0 Å². The summed E-state index contributed by atoms with van der Waals surface area (Å²) in [5.41, 5.74) is 0.447. The van der Waals surface area contributed by atoms with Crippen LogP contribution in [0.15, 0.2) is 18.2 Å². The first-order chi connectivity index (χ1) is 13.0. The molecule has 1 heterocycles. The van der Waals surface area contributed by atoms with E-state index in [2.05, 4.69) is 15.5 Å². The molecule has 7 nitrogen and oxygen atoms in total. The molecule has 2 fully saturated rings. The molecule has 3 rings (SSSR count). The van der Waals surface area contributed by atoms with Crippen LogP contribution in [0.4, 0.5) is 14.9 Å². The third-order valence-corrected chi connectivity index (χ3v) is 4.94. The van der Waals surface area contributed by atoms with Crippen LogP contribution in [0.2, 0.25) is 0 Å². The predicted octanol–water partition coefficient (Wildman–Crippen LogP) is 2.04. The van der Waals surface area contributed by atoms with Gasteiger partial charge in [0.15, 0.2) is 0 Å². The number of hydrogen-bond acceptors (Lipinski definition) is 4. The van der Waals surface area contributed by atoms with Gasteiger partial charge in [0.1, 0.15) is 11.6 Å². The summed E-state index contributed by atoms with van der Waals surface area (Å²) in [5.74, 6) is -0.0403. The number of halogens is 1. The monoisotopic (exact) mass is 378 g/mol. The first kappa shape index (κ1) is 19.4. The molecule has 1 saturated heterocycles. The molecule has 27 heavy (non-hydrogen) atoms. The first-order valence-corrected chi connectivity index (χ1v) is 9.50. The zero-order chi connectivity index (χ0) is 19.4. The Hall–Kier alpha value is -2.35. The highest BCUT2D eigenvalue weighted by Crippen LogP contribution is 2.26. The molecule has 1 saturated carbocycles. The Morgan fingerprint density at radius 3 is 2.59 bits per heavy atom. The second kappa shape index (κ2) is 8.56. The molecular formula is C19H27FN4O3. The number of rotatable bonds is 6. The van der Waals surface area contributed by atoms with Crippen LogP contribution < -0.4 is 15.4 Å². The number of urea groups is 1. The van der Waals surface area contributed by atoms with Crippen molar-refractivity contribution >= 4 is 17.6 Å². The van der Waals surface area contributed by atoms with Gasteiger partial charge in [-0.25, -0.2) is 9.18 Å². The van der Waals surface area contributed by atoms with Gasteiger partial charge in [-0.1, -0.05) is 0 Å². The maximum Gasteiger partial charge on any atom is 0.322 e. The van der Waals surface area contributed by atoms with Gasteiger partial charge < -0.3 is 20.3 Å². The average molecular weight is 378 g/mol. The smallest absolute Gasteiger partial charge is 0.322 e. The van der Waals surface area contributed by atoms with E-state index in [0.717, 1.165) is 12.8 Å². The largest absolute Gasteiger partial charge is 0.492 e. The van der Waals surface area contributed by atoms with Gasteiger partial charge in [-0.15, -0.1) is 0 Å². The number of anilines is 1. The molecule has 0 spiro atoms. The zero-order valence-electron chi connectivity index (χ0n) is 15.8. The number of nitrogens with zero attached hydrogens (tertiary/aromatic N) is 2. The predicted molar refractivity (Wildman–Crippen MR) is 100 cm³/mol. The van der Waals surface area contributed by atoms with Crippen molar-refractivity contribution in [2.45, 2.75) is 38.8 Å².